The zero-order valence-electron chi connectivity index (χ0n) is 6.71. The Kier molecular flexibility index (Phi) is 2.58. The van der Waals surface area contributed by atoms with E-state index in [0.717, 1.165) is 19.1 Å². The summed E-state index contributed by atoms with van der Waals surface area (Å²) in [5, 5.41) is 6.84. The number of carbonyl (C=O) groups is 1. The van der Waals surface area contributed by atoms with Crippen molar-refractivity contribution < 1.29 is 4.79 Å². The molecular formula is C9H13NO. The van der Waals surface area contributed by atoms with Crippen LogP contribution in [0.15, 0.2) is 12.2 Å². The summed E-state index contributed by atoms with van der Waals surface area (Å²) in [6, 6.07) is 0. The van der Waals surface area contributed by atoms with Crippen molar-refractivity contribution in [1.29, 1.82) is 5.41 Å². The third-order valence-electron chi connectivity index (χ3n) is 2.26. The molecule has 0 aromatic rings. The fraction of sp³-hybridized carbons (Fsp3) is 0.556. The minimum atomic E-state index is -0.0261. The van der Waals surface area contributed by atoms with Crippen LogP contribution in [0.3, 0.4) is 0 Å². The molecule has 0 amide bonds. The fourth-order valence-electron chi connectivity index (χ4n) is 1.45. The molecule has 2 nitrogen and oxygen atoms in total. The van der Waals surface area contributed by atoms with Crippen molar-refractivity contribution in [3.63, 3.8) is 0 Å². The van der Waals surface area contributed by atoms with Gasteiger partial charge in [0, 0.05) is 5.92 Å². The van der Waals surface area contributed by atoms with Crippen LogP contribution < -0.4 is 0 Å². The average Bonchev–Trinajstić information content (AvgIpc) is 2.04. The topological polar surface area (TPSA) is 40.9 Å². The first-order chi connectivity index (χ1) is 5.25. The average molecular weight is 151 g/mol. The Morgan fingerprint density at radius 1 is 1.55 bits per heavy atom. The van der Waals surface area contributed by atoms with Gasteiger partial charge >= 0.3 is 0 Å². The molecule has 0 radical (unpaired) electrons. The van der Waals surface area contributed by atoms with E-state index in [1.54, 1.807) is 0 Å². The summed E-state index contributed by atoms with van der Waals surface area (Å²) in [6.07, 6.45) is 6.88. The van der Waals surface area contributed by atoms with Gasteiger partial charge in [0.15, 0.2) is 5.78 Å². The van der Waals surface area contributed by atoms with Gasteiger partial charge in [-0.15, -0.1) is 0 Å². The van der Waals surface area contributed by atoms with E-state index < -0.39 is 0 Å². The first-order valence-corrected chi connectivity index (χ1v) is 3.95. The molecule has 2 atom stereocenters. The molecule has 0 saturated heterocycles. The van der Waals surface area contributed by atoms with Crippen molar-refractivity contribution >= 4 is 12.0 Å². The molecule has 0 aliphatic heterocycles. The van der Waals surface area contributed by atoms with Gasteiger partial charge < -0.3 is 5.41 Å². The number of hydrogen-bond acceptors (Lipinski definition) is 2. The lowest BCUT2D eigenvalue weighted by molar-refractivity contribution is -0.117. The van der Waals surface area contributed by atoms with Crippen LogP contribution in [-0.2, 0) is 4.79 Å². The van der Waals surface area contributed by atoms with Gasteiger partial charge in [0.1, 0.15) is 0 Å². The minimum absolute atomic E-state index is 0.0261. The summed E-state index contributed by atoms with van der Waals surface area (Å²) in [5.74, 6) is 0.452. The quantitative estimate of drug-likeness (QED) is 0.474. The van der Waals surface area contributed by atoms with Gasteiger partial charge in [-0.25, -0.2) is 0 Å². The number of carbonyl (C=O) groups excluding carboxylic acids is 1. The zero-order valence-corrected chi connectivity index (χ0v) is 6.71. The Balaban J connectivity index is 2.63. The Hall–Kier alpha value is -0.920. The molecule has 0 saturated carbocycles. The summed E-state index contributed by atoms with van der Waals surface area (Å²) in [6.45, 7) is 2.07. The Morgan fingerprint density at radius 2 is 2.18 bits per heavy atom. The molecule has 1 rings (SSSR count). The van der Waals surface area contributed by atoms with E-state index >= 15 is 0 Å². The third kappa shape index (κ3) is 1.76. The number of Topliss-reactive ketones (excluding diaryl/α,β-unsaturated/α-hetero) is 1. The monoisotopic (exact) mass is 151 g/mol. The molecule has 2 unspecified atom stereocenters. The second kappa shape index (κ2) is 3.46. The molecule has 0 fully saturated rings. The second-order valence-corrected chi connectivity index (χ2v) is 3.07. The van der Waals surface area contributed by atoms with E-state index in [0.29, 0.717) is 5.92 Å². The van der Waals surface area contributed by atoms with Crippen molar-refractivity contribution in [2.75, 3.05) is 0 Å². The summed E-state index contributed by atoms with van der Waals surface area (Å²) < 4.78 is 0. The van der Waals surface area contributed by atoms with Crippen LogP contribution in [0.5, 0.6) is 0 Å². The molecule has 0 bridgehead atoms. The molecule has 0 aromatic heterocycles. The van der Waals surface area contributed by atoms with Crippen LogP contribution in [0.25, 0.3) is 0 Å². The minimum Gasteiger partial charge on any atom is -0.305 e. The number of allylic oxidation sites excluding steroid dienone is 2. The maximum atomic E-state index is 11.1. The smallest absolute Gasteiger partial charge is 0.176 e. The Labute approximate surface area is 66.8 Å². The van der Waals surface area contributed by atoms with Gasteiger partial charge in [-0.1, -0.05) is 19.1 Å². The first-order valence-electron chi connectivity index (χ1n) is 3.95. The maximum absolute atomic E-state index is 11.1. The van der Waals surface area contributed by atoms with Gasteiger partial charge in [-0.3, -0.25) is 4.79 Å². The van der Waals surface area contributed by atoms with E-state index in [4.69, 9.17) is 5.41 Å². The Morgan fingerprint density at radius 3 is 2.73 bits per heavy atom. The van der Waals surface area contributed by atoms with Gasteiger partial charge in [-0.05, 0) is 18.8 Å². The molecule has 0 heterocycles. The van der Waals surface area contributed by atoms with Gasteiger partial charge in [0.05, 0.1) is 6.21 Å². The van der Waals surface area contributed by atoms with Crippen molar-refractivity contribution in [2.45, 2.75) is 19.8 Å². The number of hydrogen-bond donors (Lipinski definition) is 1. The van der Waals surface area contributed by atoms with Gasteiger partial charge in [0.2, 0.25) is 0 Å². The van der Waals surface area contributed by atoms with E-state index in [1.165, 1.54) is 0 Å². The van der Waals surface area contributed by atoms with E-state index in [2.05, 4.69) is 13.0 Å². The van der Waals surface area contributed by atoms with Crippen molar-refractivity contribution in [1.82, 2.24) is 0 Å². The van der Waals surface area contributed by atoms with Crippen LogP contribution in [0, 0.1) is 17.2 Å². The number of nitrogens with one attached hydrogen (secondary N) is 1. The normalized spacial score (nSPS) is 29.9. The number of ketones is 1. The fourth-order valence-corrected chi connectivity index (χ4v) is 1.45. The molecule has 0 spiro atoms. The lowest BCUT2D eigenvalue weighted by Gasteiger charge is -2.21. The molecule has 1 aliphatic rings. The molecule has 60 valence electrons. The number of rotatable bonds is 2. The molecule has 1 N–H and O–H groups in total. The maximum Gasteiger partial charge on any atom is 0.176 e. The highest BCUT2D eigenvalue weighted by Gasteiger charge is 2.23. The highest BCUT2D eigenvalue weighted by Crippen LogP contribution is 2.24. The summed E-state index contributed by atoms with van der Waals surface area (Å²) >= 11 is 0. The van der Waals surface area contributed by atoms with Crippen LogP contribution in [0.1, 0.15) is 19.8 Å². The van der Waals surface area contributed by atoms with E-state index in [1.807, 2.05) is 6.08 Å². The summed E-state index contributed by atoms with van der Waals surface area (Å²) in [4.78, 5) is 11.1. The zero-order chi connectivity index (χ0) is 8.27. The largest absolute Gasteiger partial charge is 0.305 e. The predicted octanol–water partition coefficient (Wildman–Crippen LogP) is 1.81. The molecule has 0 aromatic carbocycles. The van der Waals surface area contributed by atoms with Crippen molar-refractivity contribution in [3.05, 3.63) is 12.2 Å². The van der Waals surface area contributed by atoms with Crippen LogP contribution >= 0.6 is 0 Å². The van der Waals surface area contributed by atoms with Crippen LogP contribution in [0.2, 0.25) is 0 Å². The summed E-state index contributed by atoms with van der Waals surface area (Å²) in [5.41, 5.74) is 0. The highest BCUT2D eigenvalue weighted by molar-refractivity contribution is 6.27. The van der Waals surface area contributed by atoms with Crippen LogP contribution in [0.4, 0.5) is 0 Å². The highest BCUT2D eigenvalue weighted by atomic mass is 16.1. The van der Waals surface area contributed by atoms with Crippen molar-refractivity contribution in [2.24, 2.45) is 11.8 Å². The third-order valence-corrected chi connectivity index (χ3v) is 2.26. The first kappa shape index (κ1) is 8.18. The molecular weight excluding hydrogens is 138 g/mol. The lowest BCUT2D eigenvalue weighted by Crippen LogP contribution is -2.23. The SMILES string of the molecule is CC1CC=CCC1C(=O)C=N. The predicted molar refractivity (Wildman–Crippen MR) is 44.8 cm³/mol. The van der Waals surface area contributed by atoms with Crippen molar-refractivity contribution in [3.8, 4) is 0 Å². The molecule has 2 heteroatoms. The second-order valence-electron chi connectivity index (χ2n) is 3.07. The van der Waals surface area contributed by atoms with Gasteiger partial charge in [0.25, 0.3) is 0 Å². The van der Waals surface area contributed by atoms with E-state index in [-0.39, 0.29) is 11.7 Å². The van der Waals surface area contributed by atoms with Crippen LogP contribution in [-0.4, -0.2) is 12.0 Å². The van der Waals surface area contributed by atoms with Gasteiger partial charge in [-0.2, -0.15) is 0 Å². The van der Waals surface area contributed by atoms with E-state index in [9.17, 15) is 4.79 Å². The molecule has 11 heavy (non-hydrogen) atoms. The lowest BCUT2D eigenvalue weighted by atomic mass is 9.82. The Bertz CT molecular complexity index is 196. The standard InChI is InChI=1S/C9H13NO/c1-7-4-2-3-5-8(7)9(11)6-10/h2-3,6-8,10H,4-5H2,1H3. The molecule has 1 aliphatic carbocycles. The summed E-state index contributed by atoms with van der Waals surface area (Å²) in [7, 11) is 0.